The molecule has 0 aliphatic carbocycles. The van der Waals surface area contributed by atoms with Gasteiger partial charge in [-0.3, -0.25) is 9.59 Å². The minimum Gasteiger partial charge on any atom is -0.469 e. The highest BCUT2D eigenvalue weighted by molar-refractivity contribution is 5.97. The first-order chi connectivity index (χ1) is 9.99. The molecule has 0 radical (unpaired) electrons. The van der Waals surface area contributed by atoms with Crippen LogP contribution in [-0.2, 0) is 19.1 Å². The van der Waals surface area contributed by atoms with Gasteiger partial charge in [0.05, 0.1) is 19.8 Å². The third-order valence-electron chi connectivity index (χ3n) is 2.77. The van der Waals surface area contributed by atoms with Crippen molar-refractivity contribution in [1.82, 2.24) is 5.32 Å². The van der Waals surface area contributed by atoms with Gasteiger partial charge < -0.3 is 14.8 Å². The van der Waals surface area contributed by atoms with Gasteiger partial charge in [0, 0.05) is 6.42 Å². The quantitative estimate of drug-likeness (QED) is 0.794. The molecule has 1 atom stereocenters. The van der Waals surface area contributed by atoms with Crippen LogP contribution >= 0.6 is 0 Å². The number of halogens is 1. The molecular weight excluding hydrogens is 281 g/mol. The van der Waals surface area contributed by atoms with Gasteiger partial charge in [0.2, 0.25) is 0 Å². The first kappa shape index (κ1) is 16.6. The monoisotopic (exact) mass is 297 g/mol. The van der Waals surface area contributed by atoms with Crippen molar-refractivity contribution in [3.8, 4) is 0 Å². The van der Waals surface area contributed by atoms with Gasteiger partial charge in [0.1, 0.15) is 11.9 Å². The van der Waals surface area contributed by atoms with Crippen LogP contribution in [0.3, 0.4) is 0 Å². The predicted octanol–water partition coefficient (Wildman–Crippen LogP) is 1.05. The number of methoxy groups -OCH3 is 2. The topological polar surface area (TPSA) is 81.7 Å². The Hall–Kier alpha value is -2.44. The summed E-state index contributed by atoms with van der Waals surface area (Å²) in [5.74, 6) is -2.70. The highest BCUT2D eigenvalue weighted by Crippen LogP contribution is 2.08. The van der Waals surface area contributed by atoms with Crippen LogP contribution in [-0.4, -0.2) is 38.1 Å². The summed E-state index contributed by atoms with van der Waals surface area (Å²) in [5.41, 5.74) is -0.190. The average molecular weight is 297 g/mol. The SMILES string of the molecule is COC(=O)CC[C@@H](NC(=O)c1ccccc1F)C(=O)OC. The van der Waals surface area contributed by atoms with Crippen LogP contribution < -0.4 is 5.32 Å². The van der Waals surface area contributed by atoms with Crippen LogP contribution in [0.4, 0.5) is 4.39 Å². The normalized spacial score (nSPS) is 11.4. The zero-order valence-electron chi connectivity index (χ0n) is 11.7. The molecule has 0 saturated heterocycles. The molecule has 21 heavy (non-hydrogen) atoms. The Morgan fingerprint density at radius 2 is 1.86 bits per heavy atom. The average Bonchev–Trinajstić information content (AvgIpc) is 2.50. The van der Waals surface area contributed by atoms with Gasteiger partial charge >= 0.3 is 11.9 Å². The molecule has 1 N–H and O–H groups in total. The third-order valence-corrected chi connectivity index (χ3v) is 2.77. The van der Waals surface area contributed by atoms with Crippen LogP contribution in [0.1, 0.15) is 23.2 Å². The van der Waals surface area contributed by atoms with E-state index in [9.17, 15) is 18.8 Å². The Balaban J connectivity index is 2.76. The van der Waals surface area contributed by atoms with E-state index in [1.807, 2.05) is 0 Å². The number of benzene rings is 1. The van der Waals surface area contributed by atoms with E-state index in [0.717, 1.165) is 13.2 Å². The van der Waals surface area contributed by atoms with E-state index in [4.69, 9.17) is 0 Å². The highest BCUT2D eigenvalue weighted by atomic mass is 19.1. The standard InChI is InChI=1S/C14H16FNO5/c1-20-12(17)8-7-11(14(19)21-2)16-13(18)9-5-3-4-6-10(9)15/h3-6,11H,7-8H2,1-2H3,(H,16,18)/t11-/m1/s1. The van der Waals surface area contributed by atoms with E-state index < -0.39 is 29.7 Å². The van der Waals surface area contributed by atoms with Crippen LogP contribution in [0.2, 0.25) is 0 Å². The second-order valence-electron chi connectivity index (χ2n) is 4.14. The molecule has 0 spiro atoms. The molecule has 1 amide bonds. The van der Waals surface area contributed by atoms with Gasteiger partial charge in [-0.25, -0.2) is 9.18 Å². The first-order valence-electron chi connectivity index (χ1n) is 6.19. The molecule has 0 bridgehead atoms. The van der Waals surface area contributed by atoms with Crippen molar-refractivity contribution >= 4 is 17.8 Å². The molecule has 0 unspecified atom stereocenters. The van der Waals surface area contributed by atoms with Crippen LogP contribution in [0.15, 0.2) is 24.3 Å². The van der Waals surface area contributed by atoms with Crippen molar-refractivity contribution in [3.05, 3.63) is 35.6 Å². The molecule has 6 nitrogen and oxygen atoms in total. The van der Waals surface area contributed by atoms with Crippen molar-refractivity contribution in [1.29, 1.82) is 0 Å². The molecule has 0 fully saturated rings. The molecule has 0 heterocycles. The summed E-state index contributed by atoms with van der Waals surface area (Å²) < 4.78 is 22.5. The van der Waals surface area contributed by atoms with Crippen molar-refractivity contribution < 1.29 is 28.2 Å². The molecule has 0 aromatic heterocycles. The van der Waals surface area contributed by atoms with Gasteiger partial charge in [-0.1, -0.05) is 12.1 Å². The largest absolute Gasteiger partial charge is 0.469 e. The molecule has 0 aliphatic rings. The summed E-state index contributed by atoms with van der Waals surface area (Å²) in [5, 5.41) is 2.34. The number of nitrogens with one attached hydrogen (secondary N) is 1. The molecule has 0 aliphatic heterocycles. The lowest BCUT2D eigenvalue weighted by molar-refractivity contribution is -0.144. The lowest BCUT2D eigenvalue weighted by Crippen LogP contribution is -2.42. The first-order valence-corrected chi connectivity index (χ1v) is 6.19. The Bertz CT molecular complexity index is 532. The van der Waals surface area contributed by atoms with E-state index in [1.165, 1.54) is 25.3 Å². The van der Waals surface area contributed by atoms with E-state index in [2.05, 4.69) is 14.8 Å². The number of amides is 1. The van der Waals surface area contributed by atoms with Crippen molar-refractivity contribution in [2.24, 2.45) is 0 Å². The maximum absolute atomic E-state index is 13.5. The molecule has 114 valence electrons. The van der Waals surface area contributed by atoms with Gasteiger partial charge in [0.25, 0.3) is 5.91 Å². The molecule has 0 saturated carbocycles. The number of carbonyl (C=O) groups is 3. The van der Waals surface area contributed by atoms with Gasteiger partial charge in [-0.15, -0.1) is 0 Å². The Morgan fingerprint density at radius 1 is 1.19 bits per heavy atom. The second kappa shape index (κ2) is 7.98. The molecule has 1 aromatic carbocycles. The zero-order valence-corrected chi connectivity index (χ0v) is 11.7. The Morgan fingerprint density at radius 3 is 2.43 bits per heavy atom. The van der Waals surface area contributed by atoms with E-state index >= 15 is 0 Å². The second-order valence-corrected chi connectivity index (χ2v) is 4.14. The Kier molecular flexibility index (Phi) is 6.32. The number of rotatable bonds is 6. The summed E-state index contributed by atoms with van der Waals surface area (Å²) in [6.45, 7) is 0. The fourth-order valence-corrected chi connectivity index (χ4v) is 1.64. The molecule has 1 rings (SSSR count). The van der Waals surface area contributed by atoms with E-state index in [-0.39, 0.29) is 18.4 Å². The fraction of sp³-hybridized carbons (Fsp3) is 0.357. The van der Waals surface area contributed by atoms with Crippen molar-refractivity contribution in [3.63, 3.8) is 0 Å². The smallest absolute Gasteiger partial charge is 0.328 e. The molecular formula is C14H16FNO5. The lowest BCUT2D eigenvalue weighted by atomic mass is 10.1. The number of ether oxygens (including phenoxy) is 2. The van der Waals surface area contributed by atoms with Crippen molar-refractivity contribution in [2.45, 2.75) is 18.9 Å². The van der Waals surface area contributed by atoms with Crippen LogP contribution in [0, 0.1) is 5.82 Å². The molecule has 7 heteroatoms. The summed E-state index contributed by atoms with van der Waals surface area (Å²) >= 11 is 0. The van der Waals surface area contributed by atoms with Crippen molar-refractivity contribution in [2.75, 3.05) is 14.2 Å². The number of hydrogen-bond acceptors (Lipinski definition) is 5. The number of hydrogen-bond donors (Lipinski definition) is 1. The Labute approximate surface area is 121 Å². The van der Waals surface area contributed by atoms with Crippen LogP contribution in [0.5, 0.6) is 0 Å². The number of esters is 2. The zero-order chi connectivity index (χ0) is 15.8. The van der Waals surface area contributed by atoms with E-state index in [0.29, 0.717) is 0 Å². The summed E-state index contributed by atoms with van der Waals surface area (Å²) in [7, 11) is 2.37. The van der Waals surface area contributed by atoms with Gasteiger partial charge in [0.15, 0.2) is 0 Å². The fourth-order valence-electron chi connectivity index (χ4n) is 1.64. The minimum atomic E-state index is -1.05. The maximum Gasteiger partial charge on any atom is 0.328 e. The lowest BCUT2D eigenvalue weighted by Gasteiger charge is -2.16. The maximum atomic E-state index is 13.5. The predicted molar refractivity (Wildman–Crippen MR) is 70.9 cm³/mol. The van der Waals surface area contributed by atoms with Crippen LogP contribution in [0.25, 0.3) is 0 Å². The van der Waals surface area contributed by atoms with Gasteiger partial charge in [-0.05, 0) is 18.6 Å². The number of carbonyl (C=O) groups excluding carboxylic acids is 3. The summed E-state index contributed by atoms with van der Waals surface area (Å²) in [6, 6.07) is 4.32. The summed E-state index contributed by atoms with van der Waals surface area (Å²) in [4.78, 5) is 34.6. The summed E-state index contributed by atoms with van der Waals surface area (Å²) in [6.07, 6.45) is -0.0760. The third kappa shape index (κ3) is 4.87. The highest BCUT2D eigenvalue weighted by Gasteiger charge is 2.24. The van der Waals surface area contributed by atoms with E-state index in [1.54, 1.807) is 0 Å². The molecule has 1 aromatic rings. The minimum absolute atomic E-state index is 0.000457. The van der Waals surface area contributed by atoms with Gasteiger partial charge in [-0.2, -0.15) is 0 Å².